The molecule has 2 heterocycles. The van der Waals surface area contributed by atoms with Crippen molar-refractivity contribution in [2.75, 3.05) is 19.8 Å². The third kappa shape index (κ3) is 5.53. The first kappa shape index (κ1) is 24.1. The van der Waals surface area contributed by atoms with Gasteiger partial charge in [-0.3, -0.25) is 10.00 Å². The van der Waals surface area contributed by atoms with E-state index in [1.54, 1.807) is 12.1 Å². The molecule has 34 heavy (non-hydrogen) atoms. The number of aliphatic hydroxyl groups is 1. The molecule has 2 unspecified atom stereocenters. The highest BCUT2D eigenvalue weighted by Gasteiger charge is 2.37. The van der Waals surface area contributed by atoms with Crippen LogP contribution in [0.4, 0.5) is 17.6 Å². The highest BCUT2D eigenvalue weighted by atomic mass is 19.4. The monoisotopic (exact) mass is 482 g/mol. The van der Waals surface area contributed by atoms with Gasteiger partial charge in [0.15, 0.2) is 6.29 Å². The number of halogens is 4. The molecule has 0 saturated carbocycles. The first-order valence-electron chi connectivity index (χ1n) is 10.4. The molecule has 0 amide bonds. The smallest absolute Gasteiger partial charge is 0.393 e. The fourth-order valence-electron chi connectivity index (χ4n) is 3.92. The summed E-state index contributed by atoms with van der Waals surface area (Å²) >= 11 is 0. The zero-order chi connectivity index (χ0) is 24.3. The molecule has 1 aliphatic heterocycles. The van der Waals surface area contributed by atoms with Gasteiger partial charge in [0.1, 0.15) is 17.7 Å². The van der Waals surface area contributed by atoms with E-state index in [4.69, 9.17) is 9.47 Å². The largest absolute Gasteiger partial charge is 0.416 e. The van der Waals surface area contributed by atoms with Gasteiger partial charge >= 0.3 is 11.9 Å². The molecule has 0 spiro atoms. The lowest BCUT2D eigenvalue weighted by atomic mass is 10.0. The molecule has 182 valence electrons. The summed E-state index contributed by atoms with van der Waals surface area (Å²) in [6, 6.07) is 10.6. The van der Waals surface area contributed by atoms with E-state index in [0.29, 0.717) is 18.4 Å². The van der Waals surface area contributed by atoms with E-state index in [2.05, 4.69) is 15.2 Å². The molecule has 3 N–H and O–H groups in total. The number of morpholine rings is 1. The summed E-state index contributed by atoms with van der Waals surface area (Å²) in [4.78, 5) is 17.2. The Bertz CT molecular complexity index is 1150. The zero-order valence-electron chi connectivity index (χ0n) is 17.8. The molecule has 1 aliphatic rings. The van der Waals surface area contributed by atoms with Gasteiger partial charge in [0.25, 0.3) is 0 Å². The van der Waals surface area contributed by atoms with Gasteiger partial charge in [-0.1, -0.05) is 30.3 Å². The van der Waals surface area contributed by atoms with Crippen LogP contribution in [0.2, 0.25) is 0 Å². The van der Waals surface area contributed by atoms with Crippen molar-refractivity contribution in [1.82, 2.24) is 20.1 Å². The number of aliphatic hydroxyl groups excluding tert-OH is 1. The van der Waals surface area contributed by atoms with Crippen molar-refractivity contribution in [3.8, 4) is 0 Å². The fraction of sp³-hybridized carbons (Fsp3) is 0.364. The maximum absolute atomic E-state index is 14.0. The Labute approximate surface area is 191 Å². The van der Waals surface area contributed by atoms with Crippen LogP contribution in [-0.2, 0) is 22.2 Å². The van der Waals surface area contributed by atoms with E-state index < -0.39 is 48.3 Å². The molecule has 12 heteroatoms. The van der Waals surface area contributed by atoms with Crippen LogP contribution in [0.25, 0.3) is 0 Å². The molecular weight excluding hydrogens is 460 g/mol. The lowest BCUT2D eigenvalue weighted by Crippen LogP contribution is -2.46. The zero-order valence-corrected chi connectivity index (χ0v) is 17.8. The van der Waals surface area contributed by atoms with Crippen LogP contribution < -0.4 is 5.69 Å². The van der Waals surface area contributed by atoms with Gasteiger partial charge in [-0.05, 0) is 29.3 Å². The highest BCUT2D eigenvalue weighted by Crippen LogP contribution is 2.36. The standard InChI is InChI=1S/C22H22F4N4O4/c23-16-9-14(8-15(10-16)22(24,25)26)17(12-31)34-20-19(13-4-2-1-3-5-13)30(6-7-33-20)11-18-27-21(32)29-28-18/h1-5,8-10,17,19-20,31H,6-7,11-12H2,(H2,27,28,29,32)/t17-,19?,20?/m0/s1. The quantitative estimate of drug-likeness (QED) is 0.448. The number of aromatic nitrogens is 3. The lowest BCUT2D eigenvalue weighted by Gasteiger charge is -2.41. The number of H-pyrrole nitrogens is 2. The minimum atomic E-state index is -4.76. The van der Waals surface area contributed by atoms with Gasteiger partial charge < -0.3 is 14.6 Å². The van der Waals surface area contributed by atoms with Crippen molar-refractivity contribution in [3.05, 3.63) is 87.3 Å². The van der Waals surface area contributed by atoms with Crippen molar-refractivity contribution in [2.24, 2.45) is 0 Å². The SMILES string of the molecule is O=c1nc(CN2CCOC(O[C@@H](CO)c3cc(F)cc(C(F)(F)F)c3)C2c2ccccc2)[nH][nH]1. The fourth-order valence-corrected chi connectivity index (χ4v) is 3.92. The van der Waals surface area contributed by atoms with Gasteiger partial charge in [-0.15, -0.1) is 0 Å². The number of hydrogen-bond donors (Lipinski definition) is 3. The predicted octanol–water partition coefficient (Wildman–Crippen LogP) is 2.91. The van der Waals surface area contributed by atoms with Gasteiger partial charge in [0.05, 0.1) is 31.4 Å². The first-order valence-corrected chi connectivity index (χ1v) is 10.4. The molecule has 8 nitrogen and oxygen atoms in total. The van der Waals surface area contributed by atoms with E-state index in [1.807, 2.05) is 23.1 Å². The van der Waals surface area contributed by atoms with Crippen molar-refractivity contribution >= 4 is 0 Å². The first-order chi connectivity index (χ1) is 16.2. The molecule has 1 fully saturated rings. The Morgan fingerprint density at radius 1 is 1.21 bits per heavy atom. The van der Waals surface area contributed by atoms with Crippen LogP contribution in [0.1, 0.15) is 34.7 Å². The average Bonchev–Trinajstić information content (AvgIpc) is 3.21. The topological polar surface area (TPSA) is 103 Å². The Hall–Kier alpha value is -3.06. The summed E-state index contributed by atoms with van der Waals surface area (Å²) in [5.74, 6) is -0.717. The van der Waals surface area contributed by atoms with Crippen LogP contribution in [0.3, 0.4) is 0 Å². The van der Waals surface area contributed by atoms with Crippen molar-refractivity contribution < 1.29 is 32.1 Å². The number of nitrogens with zero attached hydrogens (tertiary/aromatic N) is 2. The van der Waals surface area contributed by atoms with Crippen LogP contribution in [0, 0.1) is 5.82 Å². The molecular formula is C22H22F4N4O4. The minimum Gasteiger partial charge on any atom is -0.393 e. The van der Waals surface area contributed by atoms with E-state index in [-0.39, 0.29) is 18.7 Å². The van der Waals surface area contributed by atoms with E-state index in [0.717, 1.165) is 17.7 Å². The third-order valence-corrected chi connectivity index (χ3v) is 5.44. The molecule has 3 aromatic rings. The number of hydrogen-bond acceptors (Lipinski definition) is 6. The number of nitrogens with one attached hydrogen (secondary N) is 2. The van der Waals surface area contributed by atoms with Crippen LogP contribution in [0.15, 0.2) is 53.3 Å². The van der Waals surface area contributed by atoms with E-state index in [9.17, 15) is 27.5 Å². The lowest BCUT2D eigenvalue weighted by molar-refractivity contribution is -0.238. The predicted molar refractivity (Wildman–Crippen MR) is 111 cm³/mol. The van der Waals surface area contributed by atoms with Crippen LogP contribution in [-0.4, -0.2) is 51.2 Å². The second-order valence-corrected chi connectivity index (χ2v) is 7.76. The summed E-state index contributed by atoms with van der Waals surface area (Å²) in [7, 11) is 0. The third-order valence-electron chi connectivity index (χ3n) is 5.44. The second-order valence-electron chi connectivity index (χ2n) is 7.76. The minimum absolute atomic E-state index is 0.168. The van der Waals surface area contributed by atoms with Crippen molar-refractivity contribution in [1.29, 1.82) is 0 Å². The highest BCUT2D eigenvalue weighted by molar-refractivity contribution is 5.29. The van der Waals surface area contributed by atoms with Crippen molar-refractivity contribution in [2.45, 2.75) is 31.2 Å². The Morgan fingerprint density at radius 3 is 2.62 bits per heavy atom. The number of ether oxygens (including phenoxy) is 2. The molecule has 2 aromatic carbocycles. The summed E-state index contributed by atoms with van der Waals surface area (Å²) in [5.41, 5.74) is -1.10. The van der Waals surface area contributed by atoms with Gasteiger partial charge in [0, 0.05) is 6.54 Å². The molecule has 0 radical (unpaired) electrons. The maximum Gasteiger partial charge on any atom is 0.416 e. The molecule has 1 aromatic heterocycles. The van der Waals surface area contributed by atoms with Gasteiger partial charge in [-0.2, -0.15) is 18.2 Å². The van der Waals surface area contributed by atoms with E-state index in [1.165, 1.54) is 0 Å². The summed E-state index contributed by atoms with van der Waals surface area (Å²) in [6.45, 7) is 0.173. The Morgan fingerprint density at radius 2 is 1.97 bits per heavy atom. The van der Waals surface area contributed by atoms with Gasteiger partial charge in [-0.25, -0.2) is 14.3 Å². The summed E-state index contributed by atoms with van der Waals surface area (Å²) < 4.78 is 65.3. The van der Waals surface area contributed by atoms with E-state index >= 15 is 0 Å². The molecule has 3 atom stereocenters. The summed E-state index contributed by atoms with van der Waals surface area (Å²) in [6.07, 6.45) is -7.06. The number of alkyl halides is 3. The van der Waals surface area contributed by atoms with Gasteiger partial charge in [0.2, 0.25) is 0 Å². The Kier molecular flexibility index (Phi) is 7.12. The second kappa shape index (κ2) is 10.1. The van der Waals surface area contributed by atoms with Crippen LogP contribution in [0.5, 0.6) is 0 Å². The Balaban J connectivity index is 1.64. The summed E-state index contributed by atoms with van der Waals surface area (Å²) in [5, 5.41) is 15.0. The normalized spacial score (nSPS) is 20.4. The number of benzene rings is 2. The number of aromatic amines is 2. The van der Waals surface area contributed by atoms with Crippen molar-refractivity contribution in [3.63, 3.8) is 0 Å². The molecule has 0 aliphatic carbocycles. The molecule has 1 saturated heterocycles. The number of rotatable bonds is 7. The van der Waals surface area contributed by atoms with Crippen LogP contribution >= 0.6 is 0 Å². The molecule has 0 bridgehead atoms. The maximum atomic E-state index is 14.0. The molecule has 4 rings (SSSR count). The average molecular weight is 482 g/mol.